The van der Waals surface area contributed by atoms with Crippen LogP contribution in [0, 0.1) is 11.7 Å². The van der Waals surface area contributed by atoms with Gasteiger partial charge in [0, 0.05) is 24.0 Å². The van der Waals surface area contributed by atoms with E-state index in [4.69, 9.17) is 5.73 Å². The second-order valence-corrected chi connectivity index (χ2v) is 5.28. The van der Waals surface area contributed by atoms with Crippen LogP contribution in [0.5, 0.6) is 0 Å². The first-order chi connectivity index (χ1) is 9.70. The molecule has 1 heterocycles. The van der Waals surface area contributed by atoms with Gasteiger partial charge in [0.1, 0.15) is 5.82 Å². The number of nitrogens with two attached hydrogens (primary N) is 1. The van der Waals surface area contributed by atoms with Crippen LogP contribution >= 0.6 is 0 Å². The van der Waals surface area contributed by atoms with Crippen molar-refractivity contribution < 1.29 is 9.18 Å². The fourth-order valence-electron chi connectivity index (χ4n) is 2.83. The van der Waals surface area contributed by atoms with Gasteiger partial charge >= 0.3 is 0 Å². The van der Waals surface area contributed by atoms with Crippen molar-refractivity contribution in [1.82, 2.24) is 4.90 Å². The van der Waals surface area contributed by atoms with Crippen LogP contribution in [0.2, 0.25) is 0 Å². The predicted molar refractivity (Wildman–Crippen MR) is 77.0 cm³/mol. The summed E-state index contributed by atoms with van der Waals surface area (Å²) in [5.41, 5.74) is 6.23. The molecular formula is C16H17FN2O. The second kappa shape index (κ2) is 5.21. The molecule has 1 aliphatic heterocycles. The van der Waals surface area contributed by atoms with Gasteiger partial charge in [-0.2, -0.15) is 0 Å². The molecule has 3 nitrogen and oxygen atoms in total. The lowest BCUT2D eigenvalue weighted by molar-refractivity contribution is 0.0789. The van der Waals surface area contributed by atoms with Gasteiger partial charge in [0.05, 0.1) is 0 Å². The number of halogens is 1. The Bertz CT molecular complexity index is 656. The number of nitrogens with zero attached hydrogens (tertiary/aromatic N) is 1. The van der Waals surface area contributed by atoms with Crippen molar-refractivity contribution in [3.8, 4) is 0 Å². The molecule has 0 spiro atoms. The molecule has 2 N–H and O–H groups in total. The highest BCUT2D eigenvalue weighted by Crippen LogP contribution is 2.25. The van der Waals surface area contributed by atoms with Crippen LogP contribution in [0.4, 0.5) is 4.39 Å². The molecule has 0 radical (unpaired) electrons. The van der Waals surface area contributed by atoms with Gasteiger partial charge in [0.2, 0.25) is 0 Å². The smallest absolute Gasteiger partial charge is 0.254 e. The van der Waals surface area contributed by atoms with E-state index >= 15 is 0 Å². The predicted octanol–water partition coefficient (Wildman–Crippen LogP) is 2.40. The highest BCUT2D eigenvalue weighted by atomic mass is 19.1. The fourth-order valence-corrected chi connectivity index (χ4v) is 2.83. The maximum Gasteiger partial charge on any atom is 0.254 e. The molecule has 1 saturated heterocycles. The average Bonchev–Trinajstić information content (AvgIpc) is 2.96. The summed E-state index contributed by atoms with van der Waals surface area (Å²) >= 11 is 0. The zero-order valence-corrected chi connectivity index (χ0v) is 11.2. The van der Waals surface area contributed by atoms with Gasteiger partial charge < -0.3 is 10.6 Å². The molecule has 104 valence electrons. The Balaban J connectivity index is 1.98. The lowest BCUT2D eigenvalue weighted by atomic mass is 10.0. The highest BCUT2D eigenvalue weighted by molar-refractivity contribution is 6.07. The Hall–Kier alpha value is -1.94. The van der Waals surface area contributed by atoms with E-state index in [1.165, 1.54) is 6.07 Å². The van der Waals surface area contributed by atoms with Crippen molar-refractivity contribution in [3.63, 3.8) is 0 Å². The summed E-state index contributed by atoms with van der Waals surface area (Å²) in [4.78, 5) is 14.4. The third-order valence-electron chi connectivity index (χ3n) is 4.01. The fraction of sp³-hybridized carbons (Fsp3) is 0.312. The molecule has 0 saturated carbocycles. The van der Waals surface area contributed by atoms with Crippen molar-refractivity contribution in [3.05, 3.63) is 47.8 Å². The molecule has 4 heteroatoms. The first-order valence-electron chi connectivity index (χ1n) is 6.87. The minimum absolute atomic E-state index is 0.0304. The molecular weight excluding hydrogens is 255 g/mol. The monoisotopic (exact) mass is 272 g/mol. The van der Waals surface area contributed by atoms with Crippen LogP contribution in [0.1, 0.15) is 16.8 Å². The molecule has 1 aliphatic rings. The normalized spacial score (nSPS) is 18.7. The van der Waals surface area contributed by atoms with Crippen LogP contribution in [0.25, 0.3) is 10.8 Å². The van der Waals surface area contributed by atoms with Crippen LogP contribution in [-0.2, 0) is 0 Å². The SMILES string of the molecule is NCC1CCN(C(=O)c2ccc(F)c3ccccc23)C1. The van der Waals surface area contributed by atoms with Crippen LogP contribution < -0.4 is 5.73 Å². The lowest BCUT2D eigenvalue weighted by Gasteiger charge is -2.17. The number of rotatable bonds is 2. The summed E-state index contributed by atoms with van der Waals surface area (Å²) < 4.78 is 13.8. The number of fused-ring (bicyclic) bond motifs is 1. The van der Waals surface area contributed by atoms with Gasteiger partial charge in [0.25, 0.3) is 5.91 Å². The number of hydrogen-bond acceptors (Lipinski definition) is 2. The molecule has 20 heavy (non-hydrogen) atoms. The minimum atomic E-state index is -0.293. The zero-order chi connectivity index (χ0) is 14.1. The number of carbonyl (C=O) groups excluding carboxylic acids is 1. The second-order valence-electron chi connectivity index (χ2n) is 5.28. The minimum Gasteiger partial charge on any atom is -0.338 e. The van der Waals surface area contributed by atoms with Crippen LogP contribution in [0.3, 0.4) is 0 Å². The Labute approximate surface area is 117 Å². The number of carbonyl (C=O) groups is 1. The molecule has 1 fully saturated rings. The van der Waals surface area contributed by atoms with Crippen molar-refractivity contribution in [2.24, 2.45) is 11.7 Å². The van der Waals surface area contributed by atoms with Gasteiger partial charge in [-0.1, -0.05) is 24.3 Å². The van der Waals surface area contributed by atoms with Crippen molar-refractivity contribution in [2.45, 2.75) is 6.42 Å². The average molecular weight is 272 g/mol. The van der Waals surface area contributed by atoms with Crippen molar-refractivity contribution in [1.29, 1.82) is 0 Å². The summed E-state index contributed by atoms with van der Waals surface area (Å²) in [7, 11) is 0. The van der Waals surface area contributed by atoms with E-state index in [2.05, 4.69) is 0 Å². The topological polar surface area (TPSA) is 46.3 Å². The maximum absolute atomic E-state index is 13.8. The molecule has 1 unspecified atom stereocenters. The van der Waals surface area contributed by atoms with Crippen LogP contribution in [0.15, 0.2) is 36.4 Å². The summed E-state index contributed by atoms with van der Waals surface area (Å²) in [6, 6.07) is 10.0. The number of hydrogen-bond donors (Lipinski definition) is 1. The third-order valence-corrected chi connectivity index (χ3v) is 4.01. The number of benzene rings is 2. The van der Waals surface area contributed by atoms with E-state index in [1.807, 2.05) is 11.0 Å². The van der Waals surface area contributed by atoms with Gasteiger partial charge in [-0.15, -0.1) is 0 Å². The molecule has 0 aromatic heterocycles. The molecule has 0 aliphatic carbocycles. The number of likely N-dealkylation sites (tertiary alicyclic amines) is 1. The largest absolute Gasteiger partial charge is 0.338 e. The first-order valence-corrected chi connectivity index (χ1v) is 6.87. The quantitative estimate of drug-likeness (QED) is 0.912. The lowest BCUT2D eigenvalue weighted by Crippen LogP contribution is -2.30. The summed E-state index contributed by atoms with van der Waals surface area (Å²) in [6.07, 6.45) is 0.946. The van der Waals surface area contributed by atoms with E-state index in [9.17, 15) is 9.18 Å². The van der Waals surface area contributed by atoms with Gasteiger partial charge in [-0.25, -0.2) is 4.39 Å². The van der Waals surface area contributed by atoms with E-state index in [0.717, 1.165) is 13.0 Å². The Kier molecular flexibility index (Phi) is 3.40. The summed E-state index contributed by atoms with van der Waals surface area (Å²) in [5.74, 6) is 0.0567. The molecule has 3 rings (SSSR count). The van der Waals surface area contributed by atoms with E-state index < -0.39 is 0 Å². The molecule has 0 bridgehead atoms. The molecule has 2 aromatic carbocycles. The standard InChI is InChI=1S/C16H17FN2O/c17-15-6-5-14(12-3-1-2-4-13(12)15)16(20)19-8-7-11(9-18)10-19/h1-6,11H,7-10,18H2. The first kappa shape index (κ1) is 13.1. The molecule has 1 amide bonds. The van der Waals surface area contributed by atoms with Crippen LogP contribution in [-0.4, -0.2) is 30.4 Å². The van der Waals surface area contributed by atoms with Gasteiger partial charge in [0.15, 0.2) is 0 Å². The van der Waals surface area contributed by atoms with E-state index in [0.29, 0.717) is 35.3 Å². The Morgan fingerprint density at radius 3 is 2.70 bits per heavy atom. The Morgan fingerprint density at radius 1 is 1.25 bits per heavy atom. The van der Waals surface area contributed by atoms with Gasteiger partial charge in [-0.3, -0.25) is 4.79 Å². The van der Waals surface area contributed by atoms with E-state index in [-0.39, 0.29) is 11.7 Å². The molecule has 1 atom stereocenters. The molecule has 2 aromatic rings. The summed E-state index contributed by atoms with van der Waals surface area (Å²) in [6.45, 7) is 2.03. The zero-order valence-electron chi connectivity index (χ0n) is 11.2. The number of amides is 1. The third kappa shape index (κ3) is 2.16. The maximum atomic E-state index is 13.8. The van der Waals surface area contributed by atoms with Crippen molar-refractivity contribution in [2.75, 3.05) is 19.6 Å². The highest BCUT2D eigenvalue weighted by Gasteiger charge is 2.27. The van der Waals surface area contributed by atoms with Gasteiger partial charge in [-0.05, 0) is 36.4 Å². The Morgan fingerprint density at radius 2 is 2.00 bits per heavy atom. The summed E-state index contributed by atoms with van der Waals surface area (Å²) in [5, 5.41) is 1.17. The van der Waals surface area contributed by atoms with Crippen molar-refractivity contribution >= 4 is 16.7 Å². The van der Waals surface area contributed by atoms with E-state index in [1.54, 1.807) is 24.3 Å².